The fraction of sp³-hybridized carbons (Fsp3) is 0.219. The third kappa shape index (κ3) is 7.24. The third-order valence-corrected chi connectivity index (χ3v) is 8.93. The molecule has 3 aromatic carbocycles. The number of benzene rings is 3. The number of rotatable bonds is 9. The molecule has 1 aromatic heterocycles. The summed E-state index contributed by atoms with van der Waals surface area (Å²) in [6.45, 7) is 4.34. The van der Waals surface area contributed by atoms with Crippen molar-refractivity contribution in [3.8, 4) is 0 Å². The summed E-state index contributed by atoms with van der Waals surface area (Å²) in [5.41, 5.74) is 4.99. The van der Waals surface area contributed by atoms with Gasteiger partial charge in [-0.1, -0.05) is 54.1 Å². The first-order valence-electron chi connectivity index (χ1n) is 13.3. The first-order valence-corrected chi connectivity index (χ1v) is 15.1. The number of methoxy groups -OCH3 is 1. The highest BCUT2D eigenvalue weighted by Crippen LogP contribution is 2.38. The Kier molecular flexibility index (Phi) is 9.18. The molecule has 2 N–H and O–H groups in total. The number of nitrogens with one attached hydrogen (secondary N) is 2. The second-order valence-corrected chi connectivity index (χ2v) is 12.0. The summed E-state index contributed by atoms with van der Waals surface area (Å²) in [4.78, 5) is 42.6. The van der Waals surface area contributed by atoms with Crippen molar-refractivity contribution < 1.29 is 19.1 Å². The Hall–Kier alpha value is -3.92. The first-order chi connectivity index (χ1) is 19.9. The van der Waals surface area contributed by atoms with Crippen molar-refractivity contribution in [2.24, 2.45) is 0 Å². The van der Waals surface area contributed by atoms with Crippen LogP contribution in [0.25, 0.3) is 0 Å². The molecule has 0 saturated heterocycles. The number of amides is 2. The summed E-state index contributed by atoms with van der Waals surface area (Å²) < 4.78 is 5.08. The van der Waals surface area contributed by atoms with Crippen molar-refractivity contribution in [1.82, 2.24) is 4.90 Å². The molecular formula is C32H31N3O4S2. The van der Waals surface area contributed by atoms with E-state index in [0.717, 1.165) is 40.4 Å². The number of aryl methyl sites for hydroxylation is 1. The van der Waals surface area contributed by atoms with Crippen molar-refractivity contribution in [3.63, 3.8) is 0 Å². The van der Waals surface area contributed by atoms with Gasteiger partial charge < -0.3 is 15.4 Å². The summed E-state index contributed by atoms with van der Waals surface area (Å²) in [6.07, 6.45) is 0.717. The van der Waals surface area contributed by atoms with Gasteiger partial charge in [-0.2, -0.15) is 0 Å². The lowest BCUT2D eigenvalue weighted by Gasteiger charge is -2.27. The number of fused-ring (bicyclic) bond motifs is 1. The van der Waals surface area contributed by atoms with Crippen molar-refractivity contribution in [1.29, 1.82) is 0 Å². The average molecular weight is 586 g/mol. The van der Waals surface area contributed by atoms with E-state index in [1.165, 1.54) is 35.8 Å². The maximum atomic E-state index is 13.0. The number of carbonyl (C=O) groups excluding carboxylic acids is 3. The zero-order chi connectivity index (χ0) is 28.8. The van der Waals surface area contributed by atoms with E-state index in [1.807, 2.05) is 61.5 Å². The van der Waals surface area contributed by atoms with Gasteiger partial charge in [0.05, 0.1) is 18.4 Å². The monoisotopic (exact) mass is 585 g/mol. The molecule has 7 nitrogen and oxygen atoms in total. The lowest BCUT2D eigenvalue weighted by Crippen LogP contribution is -2.29. The van der Waals surface area contributed by atoms with E-state index < -0.39 is 5.97 Å². The van der Waals surface area contributed by atoms with Gasteiger partial charge >= 0.3 is 5.97 Å². The van der Waals surface area contributed by atoms with Crippen LogP contribution in [0.5, 0.6) is 0 Å². The highest BCUT2D eigenvalue weighted by atomic mass is 32.2. The number of thiophene rings is 1. The normalized spacial score (nSPS) is 12.8. The Bertz CT molecular complexity index is 1550. The van der Waals surface area contributed by atoms with E-state index in [0.29, 0.717) is 28.4 Å². The minimum atomic E-state index is -0.431. The highest BCUT2D eigenvalue weighted by Gasteiger charge is 2.29. The van der Waals surface area contributed by atoms with Crippen molar-refractivity contribution in [3.05, 3.63) is 112 Å². The minimum absolute atomic E-state index is 0.151. The molecule has 0 saturated carbocycles. The predicted octanol–water partition coefficient (Wildman–Crippen LogP) is 6.38. The van der Waals surface area contributed by atoms with Crippen LogP contribution in [0.1, 0.15) is 42.3 Å². The van der Waals surface area contributed by atoms with Gasteiger partial charge in [0.2, 0.25) is 5.91 Å². The summed E-state index contributed by atoms with van der Waals surface area (Å²) in [5, 5.41) is 6.41. The molecule has 0 spiro atoms. The Morgan fingerprint density at radius 2 is 1.76 bits per heavy atom. The smallest absolute Gasteiger partial charge is 0.341 e. The van der Waals surface area contributed by atoms with Gasteiger partial charge in [0.1, 0.15) is 5.00 Å². The van der Waals surface area contributed by atoms with Crippen LogP contribution in [0.3, 0.4) is 0 Å². The average Bonchev–Trinajstić information content (AvgIpc) is 3.33. The number of thioether (sulfide) groups is 1. The molecular weight excluding hydrogens is 555 g/mol. The van der Waals surface area contributed by atoms with Crippen LogP contribution in [0.15, 0.2) is 83.8 Å². The molecule has 1 aliphatic heterocycles. The van der Waals surface area contributed by atoms with E-state index in [2.05, 4.69) is 27.7 Å². The Morgan fingerprint density at radius 1 is 0.976 bits per heavy atom. The van der Waals surface area contributed by atoms with E-state index in [4.69, 9.17) is 4.74 Å². The molecule has 2 amide bonds. The van der Waals surface area contributed by atoms with Crippen LogP contribution < -0.4 is 10.6 Å². The maximum absolute atomic E-state index is 13.0. The summed E-state index contributed by atoms with van der Waals surface area (Å²) in [5.74, 6) is -0.684. The SMILES string of the molecule is COC(=O)c1c(NC(=O)CSc2cccc(NC(=O)c3ccc(C)cc3)c2)sc2c1CCN(Cc1ccccc1)C2. The van der Waals surface area contributed by atoms with Crippen LogP contribution in [0, 0.1) is 6.92 Å². The quantitative estimate of drug-likeness (QED) is 0.175. The van der Waals surface area contributed by atoms with Gasteiger partial charge in [0, 0.05) is 40.7 Å². The molecule has 2 heterocycles. The van der Waals surface area contributed by atoms with E-state index >= 15 is 0 Å². The topological polar surface area (TPSA) is 87.7 Å². The molecule has 0 aliphatic carbocycles. The molecule has 5 rings (SSSR count). The standard InChI is InChI=1S/C32H31N3O4S2/c1-21-11-13-23(14-12-21)30(37)33-24-9-6-10-25(17-24)40-20-28(36)34-31-29(32(38)39-2)26-15-16-35(19-27(26)41-31)18-22-7-4-3-5-8-22/h3-14,17H,15-16,18-20H2,1-2H3,(H,33,37)(H,34,36). The molecule has 4 aromatic rings. The summed E-state index contributed by atoms with van der Waals surface area (Å²) in [6, 6.07) is 25.1. The third-order valence-electron chi connectivity index (χ3n) is 6.80. The Balaban J connectivity index is 1.22. The van der Waals surface area contributed by atoms with Crippen molar-refractivity contribution in [2.75, 3.05) is 30.0 Å². The summed E-state index contributed by atoms with van der Waals surface area (Å²) >= 11 is 2.81. The number of anilines is 2. The number of hydrogen-bond acceptors (Lipinski definition) is 7. The Labute approximate surface area is 247 Å². The first kappa shape index (κ1) is 28.6. The number of esters is 1. The number of ether oxygens (including phenoxy) is 1. The molecule has 9 heteroatoms. The van der Waals surface area contributed by atoms with Crippen LogP contribution in [0.4, 0.5) is 10.7 Å². The van der Waals surface area contributed by atoms with Gasteiger partial charge in [-0.3, -0.25) is 14.5 Å². The summed E-state index contributed by atoms with van der Waals surface area (Å²) in [7, 11) is 1.36. The largest absolute Gasteiger partial charge is 0.465 e. The van der Waals surface area contributed by atoms with Crippen LogP contribution in [-0.2, 0) is 29.0 Å². The van der Waals surface area contributed by atoms with Crippen molar-refractivity contribution >= 4 is 51.6 Å². The molecule has 0 fully saturated rings. The molecule has 0 atom stereocenters. The van der Waals surface area contributed by atoms with E-state index in [1.54, 1.807) is 12.1 Å². The Morgan fingerprint density at radius 3 is 2.51 bits per heavy atom. The van der Waals surface area contributed by atoms with Gasteiger partial charge in [-0.15, -0.1) is 23.1 Å². The molecule has 1 aliphatic rings. The second kappa shape index (κ2) is 13.2. The lowest BCUT2D eigenvalue weighted by atomic mass is 10.0. The van der Waals surface area contributed by atoms with Gasteiger partial charge in [0.25, 0.3) is 5.91 Å². The fourth-order valence-corrected chi connectivity index (χ4v) is 6.77. The fourth-order valence-electron chi connectivity index (χ4n) is 4.72. The van der Waals surface area contributed by atoms with Crippen LogP contribution >= 0.6 is 23.1 Å². The van der Waals surface area contributed by atoms with E-state index in [9.17, 15) is 14.4 Å². The highest BCUT2D eigenvalue weighted by molar-refractivity contribution is 8.00. The van der Waals surface area contributed by atoms with E-state index in [-0.39, 0.29) is 17.6 Å². The van der Waals surface area contributed by atoms with Gasteiger partial charge in [-0.05, 0) is 54.8 Å². The maximum Gasteiger partial charge on any atom is 0.341 e. The minimum Gasteiger partial charge on any atom is -0.465 e. The zero-order valence-electron chi connectivity index (χ0n) is 22.9. The molecule has 0 bridgehead atoms. The molecule has 41 heavy (non-hydrogen) atoms. The van der Waals surface area contributed by atoms with Crippen molar-refractivity contribution in [2.45, 2.75) is 31.3 Å². The number of hydrogen-bond donors (Lipinski definition) is 2. The predicted molar refractivity (Wildman–Crippen MR) is 165 cm³/mol. The van der Waals surface area contributed by atoms with Crippen LogP contribution in [0.2, 0.25) is 0 Å². The second-order valence-electron chi connectivity index (χ2n) is 9.83. The molecule has 210 valence electrons. The zero-order valence-corrected chi connectivity index (χ0v) is 24.6. The molecule has 0 unspecified atom stereocenters. The van der Waals surface area contributed by atoms with Crippen LogP contribution in [-0.4, -0.2) is 42.1 Å². The molecule has 0 radical (unpaired) electrons. The number of nitrogens with zero attached hydrogens (tertiary/aromatic N) is 1. The number of carbonyl (C=O) groups is 3. The van der Waals surface area contributed by atoms with Gasteiger partial charge in [-0.25, -0.2) is 4.79 Å². The van der Waals surface area contributed by atoms with Gasteiger partial charge in [0.15, 0.2) is 0 Å². The lowest BCUT2D eigenvalue weighted by molar-refractivity contribution is -0.113.